The second kappa shape index (κ2) is 10.2. The summed E-state index contributed by atoms with van der Waals surface area (Å²) in [5, 5.41) is 22.6. The lowest BCUT2D eigenvalue weighted by atomic mass is 10.0. The number of allylic oxidation sites excluding steroid dienone is 1. The quantitative estimate of drug-likeness (QED) is 0.315. The molecule has 3 aromatic rings. The number of phenolic OH excluding ortho intramolecular Hbond substituents is 1. The predicted octanol–water partition coefficient (Wildman–Crippen LogP) is 5.79. The number of halogens is 1. The third-order valence-electron chi connectivity index (χ3n) is 4.72. The number of hydrogen-bond donors (Lipinski definition) is 3. The van der Waals surface area contributed by atoms with Crippen molar-refractivity contribution in [3.05, 3.63) is 84.2 Å². The Balaban J connectivity index is 1.73. The van der Waals surface area contributed by atoms with Gasteiger partial charge in [-0.3, -0.25) is 5.32 Å². The van der Waals surface area contributed by atoms with E-state index in [4.69, 9.17) is 9.84 Å². The Bertz CT molecular complexity index is 1110. The molecule has 0 aliphatic rings. The third kappa shape index (κ3) is 6.05. The maximum absolute atomic E-state index is 13.8. The average Bonchev–Trinajstić information content (AvgIpc) is 2.74. The van der Waals surface area contributed by atoms with Gasteiger partial charge in [-0.1, -0.05) is 48.5 Å². The first-order valence-corrected chi connectivity index (χ1v) is 9.77. The molecule has 0 fully saturated rings. The van der Waals surface area contributed by atoms with Crippen molar-refractivity contribution >= 4 is 28.5 Å². The summed E-state index contributed by atoms with van der Waals surface area (Å²) >= 11 is 0. The number of hydrogen-bond acceptors (Lipinski definition) is 4. The zero-order valence-electron chi connectivity index (χ0n) is 16.6. The fourth-order valence-corrected chi connectivity index (χ4v) is 3.23. The number of carboxylic acid groups (broad SMARTS) is 1. The van der Waals surface area contributed by atoms with Crippen LogP contribution in [0.3, 0.4) is 0 Å². The summed E-state index contributed by atoms with van der Waals surface area (Å²) in [5.41, 5.74) is 0.980. The maximum atomic E-state index is 13.8. The van der Waals surface area contributed by atoms with Crippen LogP contribution in [0.2, 0.25) is 0 Å². The molecule has 1 atom stereocenters. The molecule has 0 aliphatic heterocycles. The molecular weight excluding hydrogens is 401 g/mol. The Kier molecular flexibility index (Phi) is 7.22. The summed E-state index contributed by atoms with van der Waals surface area (Å²) in [4.78, 5) is 23.2. The predicted molar refractivity (Wildman–Crippen MR) is 115 cm³/mol. The number of fused-ring (bicyclic) bond motifs is 1. The number of aromatic hydroxyl groups is 1. The van der Waals surface area contributed by atoms with Crippen LogP contribution in [0.25, 0.3) is 10.8 Å². The van der Waals surface area contributed by atoms with Crippen LogP contribution in [0.15, 0.2) is 72.8 Å². The zero-order valence-corrected chi connectivity index (χ0v) is 16.6. The van der Waals surface area contributed by atoms with E-state index >= 15 is 0 Å². The number of phenols is 1. The lowest BCUT2D eigenvalue weighted by Crippen LogP contribution is -2.18. The molecule has 3 N–H and O–H groups in total. The number of amides is 1. The van der Waals surface area contributed by atoms with Gasteiger partial charge in [0.15, 0.2) is 11.6 Å². The molecule has 0 saturated heterocycles. The number of carbonyl (C=O) groups excluding carboxylic acids is 1. The Hall–Kier alpha value is -3.87. The fourth-order valence-electron chi connectivity index (χ4n) is 3.23. The number of carboxylic acids is 1. The Labute approximate surface area is 178 Å². The van der Waals surface area contributed by atoms with Crippen molar-refractivity contribution < 1.29 is 28.9 Å². The van der Waals surface area contributed by atoms with Gasteiger partial charge in [-0.25, -0.2) is 14.0 Å². The lowest BCUT2D eigenvalue weighted by Gasteiger charge is -2.19. The summed E-state index contributed by atoms with van der Waals surface area (Å²) in [6.07, 6.45) is 2.39. The van der Waals surface area contributed by atoms with E-state index in [0.717, 1.165) is 22.9 Å². The summed E-state index contributed by atoms with van der Waals surface area (Å²) in [6, 6.07) is 16.9. The standard InChI is InChI=1S/C24H22FNO5/c25-19-15-17(13-14-21(19)27)22(11-2-1-3-12-23(28)29)31-24(30)26-20-10-6-8-16-7-4-5-9-18(16)20/h3-10,12-15,22,27H,1-2,11H2,(H,26,30)(H,28,29)/b12-3+/t22-/m1/s1. The van der Waals surface area contributed by atoms with Crippen LogP contribution in [-0.4, -0.2) is 22.3 Å². The SMILES string of the molecule is O=C(O)/C=C/CCC[C@@H](OC(=O)Nc1cccc2ccccc12)c1ccc(O)c(F)c1. The molecule has 0 aromatic heterocycles. The van der Waals surface area contributed by atoms with Crippen molar-refractivity contribution in [2.24, 2.45) is 0 Å². The molecule has 0 saturated carbocycles. The average molecular weight is 423 g/mol. The highest BCUT2D eigenvalue weighted by Gasteiger charge is 2.19. The van der Waals surface area contributed by atoms with Gasteiger partial charge in [-0.15, -0.1) is 0 Å². The molecule has 3 rings (SSSR count). The number of nitrogens with one attached hydrogen (secondary N) is 1. The van der Waals surface area contributed by atoms with Crippen LogP contribution < -0.4 is 5.32 Å². The topological polar surface area (TPSA) is 95.9 Å². The van der Waals surface area contributed by atoms with Crippen LogP contribution in [0.4, 0.5) is 14.9 Å². The minimum Gasteiger partial charge on any atom is -0.505 e. The molecule has 7 heteroatoms. The summed E-state index contributed by atoms with van der Waals surface area (Å²) in [7, 11) is 0. The molecule has 6 nitrogen and oxygen atoms in total. The minimum absolute atomic E-state index is 0.344. The maximum Gasteiger partial charge on any atom is 0.412 e. The van der Waals surface area contributed by atoms with Gasteiger partial charge in [0.05, 0.1) is 5.69 Å². The van der Waals surface area contributed by atoms with Crippen LogP contribution in [-0.2, 0) is 9.53 Å². The Morgan fingerprint density at radius 1 is 1.10 bits per heavy atom. The lowest BCUT2D eigenvalue weighted by molar-refractivity contribution is -0.131. The molecule has 0 bridgehead atoms. The normalized spacial score (nSPS) is 12.0. The summed E-state index contributed by atoms with van der Waals surface area (Å²) in [6.45, 7) is 0. The highest BCUT2D eigenvalue weighted by molar-refractivity contribution is 6.00. The number of carbonyl (C=O) groups is 2. The number of anilines is 1. The molecule has 0 spiro atoms. The van der Waals surface area contributed by atoms with Gasteiger partial charge in [0.2, 0.25) is 0 Å². The van der Waals surface area contributed by atoms with E-state index in [9.17, 15) is 19.1 Å². The van der Waals surface area contributed by atoms with Crippen LogP contribution in [0.1, 0.15) is 30.9 Å². The fraction of sp³-hybridized carbons (Fsp3) is 0.167. The second-order valence-electron chi connectivity index (χ2n) is 6.93. The van der Waals surface area contributed by atoms with Crippen molar-refractivity contribution in [1.29, 1.82) is 0 Å². The van der Waals surface area contributed by atoms with Gasteiger partial charge in [0.25, 0.3) is 0 Å². The molecule has 31 heavy (non-hydrogen) atoms. The van der Waals surface area contributed by atoms with Crippen molar-refractivity contribution in [2.45, 2.75) is 25.4 Å². The molecule has 0 heterocycles. The molecule has 0 unspecified atom stereocenters. The number of unbranched alkanes of at least 4 members (excludes halogenated alkanes) is 1. The van der Waals surface area contributed by atoms with E-state index in [1.165, 1.54) is 18.2 Å². The van der Waals surface area contributed by atoms with Crippen LogP contribution >= 0.6 is 0 Å². The number of rotatable bonds is 8. The van der Waals surface area contributed by atoms with Crippen molar-refractivity contribution in [3.63, 3.8) is 0 Å². The molecule has 0 radical (unpaired) electrons. The Morgan fingerprint density at radius 2 is 1.87 bits per heavy atom. The van der Waals surface area contributed by atoms with Gasteiger partial charge < -0.3 is 14.9 Å². The highest BCUT2D eigenvalue weighted by atomic mass is 19.1. The number of benzene rings is 3. The largest absolute Gasteiger partial charge is 0.505 e. The number of ether oxygens (including phenoxy) is 1. The van der Waals surface area contributed by atoms with Crippen LogP contribution in [0, 0.1) is 5.82 Å². The minimum atomic E-state index is -1.04. The molecule has 0 aliphatic carbocycles. The van der Waals surface area contributed by atoms with Gasteiger partial charge in [0, 0.05) is 11.5 Å². The zero-order chi connectivity index (χ0) is 22.2. The van der Waals surface area contributed by atoms with E-state index in [-0.39, 0.29) is 0 Å². The second-order valence-corrected chi connectivity index (χ2v) is 6.93. The first-order chi connectivity index (χ1) is 14.9. The first-order valence-electron chi connectivity index (χ1n) is 9.77. The molecule has 160 valence electrons. The Morgan fingerprint density at radius 3 is 2.65 bits per heavy atom. The molecular formula is C24H22FNO5. The van der Waals surface area contributed by atoms with Gasteiger partial charge in [0.1, 0.15) is 6.10 Å². The van der Waals surface area contributed by atoms with Gasteiger partial charge in [-0.2, -0.15) is 0 Å². The summed E-state index contributed by atoms with van der Waals surface area (Å²) < 4.78 is 19.4. The van der Waals surface area contributed by atoms with E-state index in [0.29, 0.717) is 30.5 Å². The number of aliphatic carboxylic acids is 1. The van der Waals surface area contributed by atoms with Crippen LogP contribution in [0.5, 0.6) is 5.75 Å². The van der Waals surface area contributed by atoms with E-state index in [1.54, 1.807) is 6.07 Å². The highest BCUT2D eigenvalue weighted by Crippen LogP contribution is 2.29. The third-order valence-corrected chi connectivity index (χ3v) is 4.72. The van der Waals surface area contributed by atoms with Crippen molar-refractivity contribution in [2.75, 3.05) is 5.32 Å². The van der Waals surface area contributed by atoms with Crippen molar-refractivity contribution in [3.8, 4) is 5.75 Å². The monoisotopic (exact) mass is 423 g/mol. The van der Waals surface area contributed by atoms with E-state index in [2.05, 4.69) is 5.32 Å². The van der Waals surface area contributed by atoms with E-state index < -0.39 is 29.7 Å². The smallest absolute Gasteiger partial charge is 0.412 e. The van der Waals surface area contributed by atoms with Gasteiger partial charge >= 0.3 is 12.1 Å². The first kappa shape index (κ1) is 21.8. The van der Waals surface area contributed by atoms with E-state index in [1.807, 2.05) is 36.4 Å². The van der Waals surface area contributed by atoms with Crippen molar-refractivity contribution in [1.82, 2.24) is 0 Å². The molecule has 1 amide bonds. The van der Waals surface area contributed by atoms with Gasteiger partial charge in [-0.05, 0) is 48.4 Å². The summed E-state index contributed by atoms with van der Waals surface area (Å²) in [5.74, 6) is -2.35. The molecule has 3 aromatic carbocycles.